The van der Waals surface area contributed by atoms with Crippen molar-refractivity contribution in [2.24, 2.45) is 0 Å². The van der Waals surface area contributed by atoms with E-state index in [0.717, 1.165) is 16.9 Å². The van der Waals surface area contributed by atoms with E-state index >= 15 is 0 Å². The first kappa shape index (κ1) is 9.86. The van der Waals surface area contributed by atoms with Gasteiger partial charge in [-0.3, -0.25) is 4.79 Å². The van der Waals surface area contributed by atoms with Crippen LogP contribution in [-0.4, -0.2) is 12.1 Å². The van der Waals surface area contributed by atoms with Crippen molar-refractivity contribution < 1.29 is 4.74 Å². The molecule has 0 saturated heterocycles. The molecule has 0 N–H and O–H groups in total. The lowest BCUT2D eigenvalue weighted by Gasteiger charge is -2.01. The number of aromatic nitrogens is 1. The smallest absolute Gasteiger partial charge is 0.239 e. The van der Waals surface area contributed by atoms with Crippen LogP contribution in [0.25, 0.3) is 10.6 Å². The lowest BCUT2D eigenvalue weighted by atomic mass is 10.2. The second-order valence-corrected chi connectivity index (χ2v) is 3.88. The first-order valence-corrected chi connectivity index (χ1v) is 5.23. The normalized spacial score (nSPS) is 9.93. The van der Waals surface area contributed by atoms with Crippen LogP contribution in [0, 0.1) is 0 Å². The predicted octanol–water partition coefficient (Wildman–Crippen LogP) is 2.18. The minimum absolute atomic E-state index is 0.0549. The van der Waals surface area contributed by atoms with E-state index in [-0.39, 0.29) is 4.74 Å². The largest absolute Gasteiger partial charge is 0.481 e. The molecule has 2 aromatic rings. The topological polar surface area (TPSA) is 39.2 Å². The summed E-state index contributed by atoms with van der Waals surface area (Å²) in [4.78, 5) is 15.6. The molecule has 4 heteroatoms. The zero-order chi connectivity index (χ0) is 10.7. The van der Waals surface area contributed by atoms with Crippen LogP contribution in [-0.2, 0) is 0 Å². The highest BCUT2D eigenvalue weighted by atomic mass is 32.1. The predicted molar refractivity (Wildman–Crippen MR) is 60.4 cm³/mol. The molecular weight excluding hydrogens is 210 g/mol. The van der Waals surface area contributed by atoms with E-state index in [1.807, 2.05) is 30.3 Å². The van der Waals surface area contributed by atoms with Gasteiger partial charge >= 0.3 is 0 Å². The minimum Gasteiger partial charge on any atom is -0.481 e. The fraction of sp³-hybridized carbons (Fsp3) is 0.0909. The van der Waals surface area contributed by atoms with Gasteiger partial charge in [-0.15, -0.1) is 0 Å². The SMILES string of the molecule is COc1cc(=O)sc(-c2ccccc2)n1. The van der Waals surface area contributed by atoms with Gasteiger partial charge in [-0.25, -0.2) is 4.98 Å². The summed E-state index contributed by atoms with van der Waals surface area (Å²) >= 11 is 1.11. The Morgan fingerprint density at radius 1 is 1.27 bits per heavy atom. The maximum Gasteiger partial charge on any atom is 0.239 e. The van der Waals surface area contributed by atoms with E-state index in [2.05, 4.69) is 4.98 Å². The van der Waals surface area contributed by atoms with Crippen molar-refractivity contribution in [3.8, 4) is 16.5 Å². The molecule has 0 amide bonds. The summed E-state index contributed by atoms with van der Waals surface area (Å²) in [6, 6.07) is 11.0. The summed E-state index contributed by atoms with van der Waals surface area (Å²) in [5.74, 6) is 0.359. The van der Waals surface area contributed by atoms with Gasteiger partial charge in [0.1, 0.15) is 5.01 Å². The Kier molecular flexibility index (Phi) is 2.78. The van der Waals surface area contributed by atoms with Crippen LogP contribution < -0.4 is 9.48 Å². The third-order valence-corrected chi connectivity index (χ3v) is 2.72. The van der Waals surface area contributed by atoms with Crippen LogP contribution >= 0.6 is 11.3 Å². The maximum atomic E-state index is 11.3. The molecule has 2 rings (SSSR count). The molecule has 0 aliphatic carbocycles. The highest BCUT2D eigenvalue weighted by Gasteiger charge is 2.03. The summed E-state index contributed by atoms with van der Waals surface area (Å²) in [6.45, 7) is 0. The number of hydrogen-bond donors (Lipinski definition) is 0. The van der Waals surface area contributed by atoms with Crippen LogP contribution in [0.3, 0.4) is 0 Å². The average molecular weight is 219 g/mol. The Morgan fingerprint density at radius 2 is 2.00 bits per heavy atom. The zero-order valence-electron chi connectivity index (χ0n) is 8.14. The number of ether oxygens (including phenoxy) is 1. The molecule has 0 fully saturated rings. The van der Waals surface area contributed by atoms with Gasteiger partial charge in [-0.1, -0.05) is 41.7 Å². The van der Waals surface area contributed by atoms with Gasteiger partial charge in [-0.2, -0.15) is 0 Å². The highest BCUT2D eigenvalue weighted by molar-refractivity contribution is 7.12. The van der Waals surface area contributed by atoms with Gasteiger partial charge in [-0.05, 0) is 0 Å². The van der Waals surface area contributed by atoms with Gasteiger partial charge in [0.25, 0.3) is 0 Å². The monoisotopic (exact) mass is 219 g/mol. The van der Waals surface area contributed by atoms with Crippen LogP contribution in [0.15, 0.2) is 41.2 Å². The molecular formula is C11H9NO2S. The van der Waals surface area contributed by atoms with Crippen LogP contribution in [0.5, 0.6) is 5.88 Å². The molecule has 0 aliphatic rings. The molecule has 0 aliphatic heterocycles. The standard InChI is InChI=1S/C11H9NO2S/c1-14-9-7-10(13)15-11(12-9)8-5-3-2-4-6-8/h2-7H,1H3. The van der Waals surface area contributed by atoms with Gasteiger partial charge in [0, 0.05) is 5.56 Å². The summed E-state index contributed by atoms with van der Waals surface area (Å²) in [5, 5.41) is 0.681. The number of rotatable bonds is 2. The van der Waals surface area contributed by atoms with E-state index in [4.69, 9.17) is 4.74 Å². The Labute approximate surface area is 91.0 Å². The molecule has 1 aromatic carbocycles. The van der Waals surface area contributed by atoms with E-state index in [0.29, 0.717) is 10.9 Å². The van der Waals surface area contributed by atoms with E-state index in [1.165, 1.54) is 13.2 Å². The number of nitrogens with zero attached hydrogens (tertiary/aromatic N) is 1. The van der Waals surface area contributed by atoms with Crippen LogP contribution in [0.4, 0.5) is 0 Å². The molecule has 0 radical (unpaired) electrons. The Balaban J connectivity index is 2.54. The van der Waals surface area contributed by atoms with Crippen molar-refractivity contribution in [2.45, 2.75) is 0 Å². The fourth-order valence-corrected chi connectivity index (χ4v) is 1.93. The van der Waals surface area contributed by atoms with Crippen LogP contribution in [0.1, 0.15) is 0 Å². The molecule has 0 spiro atoms. The average Bonchev–Trinajstić information content (AvgIpc) is 2.29. The third-order valence-electron chi connectivity index (χ3n) is 1.88. The fourth-order valence-electron chi connectivity index (χ4n) is 1.19. The molecule has 0 saturated carbocycles. The van der Waals surface area contributed by atoms with E-state index in [9.17, 15) is 4.79 Å². The number of hydrogen-bond acceptors (Lipinski definition) is 4. The molecule has 3 nitrogen and oxygen atoms in total. The lowest BCUT2D eigenvalue weighted by molar-refractivity contribution is 0.399. The Hall–Kier alpha value is -1.68. The summed E-state index contributed by atoms with van der Waals surface area (Å²) in [5.41, 5.74) is 0.929. The van der Waals surface area contributed by atoms with Crippen molar-refractivity contribution in [2.75, 3.05) is 7.11 Å². The van der Waals surface area contributed by atoms with Crippen molar-refractivity contribution in [3.05, 3.63) is 45.9 Å². The molecule has 1 heterocycles. The molecule has 1 aromatic heterocycles. The van der Waals surface area contributed by atoms with E-state index in [1.54, 1.807) is 0 Å². The van der Waals surface area contributed by atoms with Gasteiger partial charge in [0.2, 0.25) is 10.6 Å². The van der Waals surface area contributed by atoms with Crippen LogP contribution in [0.2, 0.25) is 0 Å². The van der Waals surface area contributed by atoms with Crippen molar-refractivity contribution in [1.29, 1.82) is 0 Å². The summed E-state index contributed by atoms with van der Waals surface area (Å²) < 4.78 is 4.90. The minimum atomic E-state index is -0.0549. The second kappa shape index (κ2) is 4.23. The van der Waals surface area contributed by atoms with Crippen molar-refractivity contribution in [3.63, 3.8) is 0 Å². The van der Waals surface area contributed by atoms with Gasteiger partial charge in [0.05, 0.1) is 13.2 Å². The first-order valence-electron chi connectivity index (χ1n) is 4.41. The molecule has 0 bridgehead atoms. The van der Waals surface area contributed by atoms with Crippen molar-refractivity contribution in [1.82, 2.24) is 4.98 Å². The third kappa shape index (κ3) is 2.22. The van der Waals surface area contributed by atoms with E-state index < -0.39 is 0 Å². The first-order chi connectivity index (χ1) is 7.29. The van der Waals surface area contributed by atoms with Gasteiger partial charge < -0.3 is 4.74 Å². The molecule has 0 unspecified atom stereocenters. The molecule has 15 heavy (non-hydrogen) atoms. The van der Waals surface area contributed by atoms with Gasteiger partial charge in [0.15, 0.2) is 0 Å². The summed E-state index contributed by atoms with van der Waals surface area (Å²) in [6.07, 6.45) is 0. The zero-order valence-corrected chi connectivity index (χ0v) is 8.95. The quantitative estimate of drug-likeness (QED) is 0.777. The lowest BCUT2D eigenvalue weighted by Crippen LogP contribution is -1.98. The van der Waals surface area contributed by atoms with Crippen molar-refractivity contribution >= 4 is 11.3 Å². The molecule has 76 valence electrons. The highest BCUT2D eigenvalue weighted by Crippen LogP contribution is 2.20. The second-order valence-electron chi connectivity index (χ2n) is 2.89. The Morgan fingerprint density at radius 3 is 2.67 bits per heavy atom. The summed E-state index contributed by atoms with van der Waals surface area (Å²) in [7, 11) is 1.50. The number of benzene rings is 1. The maximum absolute atomic E-state index is 11.3. The Bertz CT molecular complexity index is 507. The molecule has 0 atom stereocenters. The number of methoxy groups -OCH3 is 1.